The molecule has 14 heavy (non-hydrogen) atoms. The van der Waals surface area contributed by atoms with E-state index >= 15 is 0 Å². The first-order valence-electron chi connectivity index (χ1n) is 4.22. The Bertz CT molecular complexity index is 341. The number of nitro groups is 1. The molecule has 0 fully saturated rings. The van der Waals surface area contributed by atoms with E-state index in [1.807, 2.05) is 6.92 Å². The standard InChI is InChI=1S/C9H10FNO3/c1-2-6-14-9-7(10)4-3-5-8(9)11(12)13/h3-5H,2,6H2,1H3. The molecule has 1 aromatic rings. The van der Waals surface area contributed by atoms with Crippen LogP contribution in [0.4, 0.5) is 10.1 Å². The summed E-state index contributed by atoms with van der Waals surface area (Å²) in [6, 6.07) is 3.64. The fraction of sp³-hybridized carbons (Fsp3) is 0.333. The summed E-state index contributed by atoms with van der Waals surface area (Å²) in [5.41, 5.74) is -0.335. The van der Waals surface area contributed by atoms with Crippen LogP contribution in [0.15, 0.2) is 18.2 Å². The van der Waals surface area contributed by atoms with E-state index in [0.717, 1.165) is 6.07 Å². The van der Waals surface area contributed by atoms with Crippen LogP contribution in [-0.2, 0) is 0 Å². The van der Waals surface area contributed by atoms with Gasteiger partial charge in [0.25, 0.3) is 0 Å². The molecule has 76 valence electrons. The monoisotopic (exact) mass is 199 g/mol. The molecule has 0 radical (unpaired) electrons. The Labute approximate surface area is 80.5 Å². The Morgan fingerprint density at radius 2 is 2.29 bits per heavy atom. The summed E-state index contributed by atoms with van der Waals surface area (Å²) >= 11 is 0. The zero-order valence-electron chi connectivity index (χ0n) is 7.70. The van der Waals surface area contributed by atoms with Gasteiger partial charge in [0.2, 0.25) is 5.75 Å². The lowest BCUT2D eigenvalue weighted by molar-refractivity contribution is -0.386. The van der Waals surface area contributed by atoms with Gasteiger partial charge in [-0.3, -0.25) is 10.1 Å². The van der Waals surface area contributed by atoms with Crippen LogP contribution in [0.5, 0.6) is 5.75 Å². The van der Waals surface area contributed by atoms with Crippen LogP contribution in [-0.4, -0.2) is 11.5 Å². The lowest BCUT2D eigenvalue weighted by Gasteiger charge is -2.05. The number of rotatable bonds is 4. The van der Waals surface area contributed by atoms with Gasteiger partial charge >= 0.3 is 5.69 Å². The Hall–Kier alpha value is -1.65. The predicted octanol–water partition coefficient (Wildman–Crippen LogP) is 2.52. The van der Waals surface area contributed by atoms with Crippen LogP contribution in [0.25, 0.3) is 0 Å². The minimum absolute atomic E-state index is 0.266. The molecule has 5 heteroatoms. The van der Waals surface area contributed by atoms with Crippen LogP contribution >= 0.6 is 0 Å². The highest BCUT2D eigenvalue weighted by molar-refractivity contribution is 5.46. The molecule has 0 aliphatic carbocycles. The van der Waals surface area contributed by atoms with Gasteiger partial charge in [0, 0.05) is 6.07 Å². The lowest BCUT2D eigenvalue weighted by Crippen LogP contribution is -2.01. The van der Waals surface area contributed by atoms with Gasteiger partial charge in [0.15, 0.2) is 5.82 Å². The smallest absolute Gasteiger partial charge is 0.314 e. The molecule has 0 aromatic heterocycles. The van der Waals surface area contributed by atoms with Crippen LogP contribution in [0, 0.1) is 15.9 Å². The van der Waals surface area contributed by atoms with E-state index in [2.05, 4.69) is 0 Å². The third-order valence-corrected chi connectivity index (χ3v) is 1.59. The number of nitrogens with zero attached hydrogens (tertiary/aromatic N) is 1. The van der Waals surface area contributed by atoms with E-state index < -0.39 is 10.7 Å². The zero-order chi connectivity index (χ0) is 10.6. The molecule has 0 atom stereocenters. The molecule has 0 spiro atoms. The topological polar surface area (TPSA) is 52.4 Å². The lowest BCUT2D eigenvalue weighted by atomic mass is 10.3. The van der Waals surface area contributed by atoms with E-state index in [4.69, 9.17) is 4.74 Å². The van der Waals surface area contributed by atoms with Gasteiger partial charge in [-0.15, -0.1) is 0 Å². The highest BCUT2D eigenvalue weighted by atomic mass is 19.1. The van der Waals surface area contributed by atoms with Crippen LogP contribution in [0.3, 0.4) is 0 Å². The van der Waals surface area contributed by atoms with Gasteiger partial charge in [-0.05, 0) is 12.5 Å². The summed E-state index contributed by atoms with van der Waals surface area (Å²) in [5, 5.41) is 10.5. The molecule has 0 saturated heterocycles. The van der Waals surface area contributed by atoms with Crippen molar-refractivity contribution >= 4 is 5.69 Å². The molecule has 0 saturated carbocycles. The average Bonchev–Trinajstić information content (AvgIpc) is 2.15. The third-order valence-electron chi connectivity index (χ3n) is 1.59. The SMILES string of the molecule is CCCOc1c(F)cccc1[N+](=O)[O-]. The van der Waals surface area contributed by atoms with Crippen molar-refractivity contribution in [2.75, 3.05) is 6.61 Å². The Morgan fingerprint density at radius 1 is 1.57 bits per heavy atom. The summed E-state index contributed by atoms with van der Waals surface area (Å²) in [6.07, 6.45) is 0.672. The number of ether oxygens (including phenoxy) is 1. The van der Waals surface area contributed by atoms with Crippen LogP contribution < -0.4 is 4.74 Å². The number of nitro benzene ring substituents is 1. The Balaban J connectivity index is 3.02. The van der Waals surface area contributed by atoms with E-state index in [9.17, 15) is 14.5 Å². The Morgan fingerprint density at radius 3 is 2.86 bits per heavy atom. The minimum Gasteiger partial charge on any atom is -0.485 e. The molecule has 1 rings (SSSR count). The second-order valence-corrected chi connectivity index (χ2v) is 2.69. The van der Waals surface area contributed by atoms with Gasteiger partial charge in [-0.25, -0.2) is 4.39 Å². The van der Waals surface area contributed by atoms with Crippen molar-refractivity contribution in [3.8, 4) is 5.75 Å². The van der Waals surface area contributed by atoms with Gasteiger partial charge in [0.1, 0.15) is 0 Å². The normalized spacial score (nSPS) is 9.86. The molecule has 1 aromatic carbocycles. The maximum Gasteiger partial charge on any atom is 0.314 e. The number of halogens is 1. The number of para-hydroxylation sites is 1. The summed E-state index contributed by atoms with van der Waals surface area (Å²) in [5.74, 6) is -0.980. The maximum absolute atomic E-state index is 13.1. The van der Waals surface area contributed by atoms with Crippen LogP contribution in [0.2, 0.25) is 0 Å². The van der Waals surface area contributed by atoms with E-state index in [0.29, 0.717) is 6.42 Å². The number of hydrogen-bond donors (Lipinski definition) is 0. The molecule has 0 aliphatic heterocycles. The first kappa shape index (κ1) is 10.4. The fourth-order valence-corrected chi connectivity index (χ4v) is 0.988. The third kappa shape index (κ3) is 2.18. The van der Waals surface area contributed by atoms with Crippen molar-refractivity contribution in [2.24, 2.45) is 0 Å². The molecule has 0 bridgehead atoms. The van der Waals surface area contributed by atoms with E-state index in [1.165, 1.54) is 12.1 Å². The van der Waals surface area contributed by atoms with Crippen molar-refractivity contribution in [3.63, 3.8) is 0 Å². The van der Waals surface area contributed by atoms with Crippen molar-refractivity contribution in [3.05, 3.63) is 34.1 Å². The van der Waals surface area contributed by atoms with Crippen molar-refractivity contribution in [1.82, 2.24) is 0 Å². The van der Waals surface area contributed by atoms with E-state index in [1.54, 1.807) is 0 Å². The summed E-state index contributed by atoms with van der Waals surface area (Å²) in [6.45, 7) is 2.11. The molecule has 0 N–H and O–H groups in total. The van der Waals surface area contributed by atoms with Crippen molar-refractivity contribution in [1.29, 1.82) is 0 Å². The highest BCUT2D eigenvalue weighted by Gasteiger charge is 2.18. The predicted molar refractivity (Wildman–Crippen MR) is 48.8 cm³/mol. The Kier molecular flexibility index (Phi) is 3.39. The molecular formula is C9H10FNO3. The summed E-state index contributed by atoms with van der Waals surface area (Å²) < 4.78 is 18.1. The van der Waals surface area contributed by atoms with Crippen LogP contribution in [0.1, 0.15) is 13.3 Å². The molecule has 0 amide bonds. The second kappa shape index (κ2) is 4.55. The fourth-order valence-electron chi connectivity index (χ4n) is 0.988. The van der Waals surface area contributed by atoms with Gasteiger partial charge in [-0.2, -0.15) is 0 Å². The van der Waals surface area contributed by atoms with Gasteiger partial charge in [0.05, 0.1) is 11.5 Å². The van der Waals surface area contributed by atoms with Crippen molar-refractivity contribution in [2.45, 2.75) is 13.3 Å². The number of benzene rings is 1. The molecular weight excluding hydrogens is 189 g/mol. The first-order valence-corrected chi connectivity index (χ1v) is 4.22. The van der Waals surface area contributed by atoms with Gasteiger partial charge < -0.3 is 4.74 Å². The molecule has 0 unspecified atom stereocenters. The maximum atomic E-state index is 13.1. The largest absolute Gasteiger partial charge is 0.485 e. The van der Waals surface area contributed by atoms with E-state index in [-0.39, 0.29) is 18.0 Å². The minimum atomic E-state index is -0.701. The van der Waals surface area contributed by atoms with Crippen molar-refractivity contribution < 1.29 is 14.1 Å². The average molecular weight is 199 g/mol. The second-order valence-electron chi connectivity index (χ2n) is 2.69. The number of hydrogen-bond acceptors (Lipinski definition) is 3. The summed E-state index contributed by atoms with van der Waals surface area (Å²) in [7, 11) is 0. The quantitative estimate of drug-likeness (QED) is 0.553. The first-order chi connectivity index (χ1) is 6.66. The zero-order valence-corrected chi connectivity index (χ0v) is 7.70. The molecule has 0 aliphatic rings. The molecule has 0 heterocycles. The summed E-state index contributed by atoms with van der Waals surface area (Å²) in [4.78, 5) is 9.84. The van der Waals surface area contributed by atoms with Gasteiger partial charge in [-0.1, -0.05) is 13.0 Å². The molecule has 4 nitrogen and oxygen atoms in total. The highest BCUT2D eigenvalue weighted by Crippen LogP contribution is 2.29.